The molecule has 5 N–H and O–H groups in total. The molecular formula is C40H34Cl4N8O6S2. The third kappa shape index (κ3) is 8.93. The highest BCUT2D eigenvalue weighted by molar-refractivity contribution is 7.81. The summed E-state index contributed by atoms with van der Waals surface area (Å²) < 4.78 is 4.85. The van der Waals surface area contributed by atoms with Gasteiger partial charge in [-0.05, 0) is 125 Å². The molecule has 0 aliphatic carbocycles. The van der Waals surface area contributed by atoms with Crippen molar-refractivity contribution in [3.63, 3.8) is 0 Å². The number of thiocarbonyl (C=S) groups is 2. The second-order valence-electron chi connectivity index (χ2n) is 14.1. The van der Waals surface area contributed by atoms with Crippen LogP contribution in [0.15, 0.2) is 72.8 Å². The Morgan fingerprint density at radius 1 is 0.750 bits per heavy atom. The van der Waals surface area contributed by atoms with Gasteiger partial charge in [0.25, 0.3) is 11.8 Å². The number of nitriles is 2. The highest BCUT2D eigenvalue weighted by atomic mass is 35.5. The van der Waals surface area contributed by atoms with Crippen molar-refractivity contribution >= 4 is 133 Å². The molecule has 0 spiro atoms. The van der Waals surface area contributed by atoms with Crippen LogP contribution in [-0.4, -0.2) is 68.7 Å². The van der Waals surface area contributed by atoms with Crippen molar-refractivity contribution in [3.8, 4) is 12.1 Å². The zero-order chi connectivity index (χ0) is 44.4. The van der Waals surface area contributed by atoms with E-state index in [-0.39, 0.29) is 43.2 Å². The van der Waals surface area contributed by atoms with Crippen LogP contribution in [0.25, 0.3) is 0 Å². The molecule has 0 aromatic heterocycles. The first-order valence-electron chi connectivity index (χ1n) is 17.5. The van der Waals surface area contributed by atoms with Crippen molar-refractivity contribution < 1.29 is 29.3 Å². The molecule has 0 bridgehead atoms. The summed E-state index contributed by atoms with van der Waals surface area (Å²) in [5.74, 6) is -0.531. The van der Waals surface area contributed by atoms with Crippen molar-refractivity contribution in [2.45, 2.75) is 44.9 Å². The smallest absolute Gasteiger partial charge is 0.411 e. The number of hydrogen-bond acceptors (Lipinski definition) is 11. The molecule has 0 radical (unpaired) electrons. The first-order valence-corrected chi connectivity index (χ1v) is 19.9. The number of amides is 3. The summed E-state index contributed by atoms with van der Waals surface area (Å²) in [6.07, 6.45) is -2.09. The average Bonchev–Trinajstić information content (AvgIpc) is 3.49. The Labute approximate surface area is 375 Å². The maximum atomic E-state index is 13.3. The monoisotopic (exact) mass is 926 g/mol. The lowest BCUT2D eigenvalue weighted by molar-refractivity contribution is -0.121. The summed E-state index contributed by atoms with van der Waals surface area (Å²) in [7, 11) is 0. The van der Waals surface area contributed by atoms with Crippen molar-refractivity contribution in [2.24, 2.45) is 0 Å². The molecule has 6 rings (SSSR count). The number of rotatable bonds is 8. The van der Waals surface area contributed by atoms with E-state index in [1.54, 1.807) is 86.0 Å². The van der Waals surface area contributed by atoms with Gasteiger partial charge < -0.3 is 30.5 Å². The largest absolute Gasteiger partial charge is 0.446 e. The second kappa shape index (κ2) is 18.1. The fraction of sp³-hybridized carbons (Fsp3) is 0.225. The number of aliphatic hydroxyl groups is 2. The summed E-state index contributed by atoms with van der Waals surface area (Å²) >= 11 is 35.7. The highest BCUT2D eigenvalue weighted by Gasteiger charge is 2.51. The van der Waals surface area contributed by atoms with E-state index in [9.17, 15) is 19.5 Å². The quantitative estimate of drug-likeness (QED) is 0.0979. The predicted molar refractivity (Wildman–Crippen MR) is 241 cm³/mol. The van der Waals surface area contributed by atoms with Gasteiger partial charge in [-0.25, -0.2) is 4.79 Å². The van der Waals surface area contributed by atoms with E-state index in [0.29, 0.717) is 44.1 Å². The highest BCUT2D eigenvalue weighted by Crippen LogP contribution is 2.41. The molecule has 0 saturated carbocycles. The minimum absolute atomic E-state index is 0.165. The van der Waals surface area contributed by atoms with Gasteiger partial charge in [0.1, 0.15) is 35.9 Å². The molecule has 1 atom stereocenters. The number of ether oxygens (including phenoxy) is 1. The van der Waals surface area contributed by atoms with Crippen LogP contribution in [-0.2, 0) is 14.3 Å². The number of nitrogens with one attached hydrogen (secondary N) is 1. The lowest BCUT2D eigenvalue weighted by Gasteiger charge is -2.30. The molecule has 14 nitrogen and oxygen atoms in total. The second-order valence-corrected chi connectivity index (χ2v) is 16.5. The molecule has 2 saturated heterocycles. The lowest BCUT2D eigenvalue weighted by Crippen LogP contribution is -2.44. The molecule has 2 aliphatic heterocycles. The fourth-order valence-corrected chi connectivity index (χ4v) is 7.93. The summed E-state index contributed by atoms with van der Waals surface area (Å²) in [4.78, 5) is 44.5. The van der Waals surface area contributed by atoms with Gasteiger partial charge in [-0.2, -0.15) is 10.5 Å². The number of anilines is 6. The molecule has 4 aromatic rings. The topological polar surface area (TPSA) is 199 Å². The Bertz CT molecular complexity index is 2530. The molecule has 310 valence electrons. The standard InChI is InChI=1S/C22H20Cl2N4O5S.C18H14Cl2N4OS/c1-22(2)19(31)27(13-4-3-12(9-25)17(24)7-13)21(34)28(22)14-5-6-16(23)18(8-14)26-20(32)33-11-15(30)10-29;1-18(2)16(25)23(11-4-3-10(9-21)14(20)7-11)17(26)24(18)12-5-6-13(19)15(22)8-12/h3-8,15,29-30H,10-11H2,1-2H3,(H,26,32);3-8H,22H2,1-2H3. The number of hydrogen-bond donors (Lipinski definition) is 4. The van der Waals surface area contributed by atoms with Gasteiger partial charge in [-0.3, -0.25) is 24.7 Å². The van der Waals surface area contributed by atoms with Gasteiger partial charge in [-0.15, -0.1) is 0 Å². The number of aliphatic hydroxyl groups excluding tert-OH is 2. The molecule has 2 fully saturated rings. The molecule has 3 amide bonds. The van der Waals surface area contributed by atoms with Crippen LogP contribution >= 0.6 is 70.8 Å². The van der Waals surface area contributed by atoms with E-state index < -0.39 is 36.5 Å². The maximum Gasteiger partial charge on any atom is 0.411 e. The zero-order valence-corrected chi connectivity index (χ0v) is 36.7. The van der Waals surface area contributed by atoms with Gasteiger partial charge in [-0.1, -0.05) is 46.4 Å². The third-order valence-corrected chi connectivity index (χ3v) is 11.3. The van der Waals surface area contributed by atoms with E-state index in [2.05, 4.69) is 5.32 Å². The van der Waals surface area contributed by atoms with Crippen LogP contribution in [0.5, 0.6) is 0 Å². The number of nitrogens with two attached hydrogens (primary N) is 1. The van der Waals surface area contributed by atoms with Crippen LogP contribution in [0.4, 0.5) is 38.9 Å². The third-order valence-electron chi connectivity index (χ3n) is 9.30. The van der Waals surface area contributed by atoms with Gasteiger partial charge in [0.05, 0.1) is 60.6 Å². The molecule has 1 unspecified atom stereocenters. The van der Waals surface area contributed by atoms with Crippen molar-refractivity contribution in [3.05, 3.63) is 104 Å². The van der Waals surface area contributed by atoms with Gasteiger partial charge in [0, 0.05) is 11.4 Å². The minimum atomic E-state index is -1.21. The molecule has 4 aromatic carbocycles. The number of nitrogen functional groups attached to an aromatic ring is 1. The predicted octanol–water partition coefficient (Wildman–Crippen LogP) is 8.05. The SMILES string of the molecule is CC1(C)C(=O)N(c2ccc(C#N)c(Cl)c2)C(=S)N1c1ccc(Cl)c(N)c1.CC1(C)C(=O)N(c2ccc(C#N)c(Cl)c2)C(=S)N1c1ccc(Cl)c(NC(=O)OCC(O)CO)c1. The van der Waals surface area contributed by atoms with Crippen LogP contribution in [0.1, 0.15) is 38.8 Å². The number of nitrogens with zero attached hydrogens (tertiary/aromatic N) is 6. The van der Waals surface area contributed by atoms with E-state index in [0.717, 1.165) is 0 Å². The van der Waals surface area contributed by atoms with E-state index in [1.807, 2.05) is 12.1 Å². The number of benzene rings is 4. The van der Waals surface area contributed by atoms with Crippen LogP contribution in [0.2, 0.25) is 20.1 Å². The zero-order valence-electron chi connectivity index (χ0n) is 32.0. The Balaban J connectivity index is 0.000000236. The Kier molecular flexibility index (Phi) is 13.9. The van der Waals surface area contributed by atoms with E-state index >= 15 is 0 Å². The summed E-state index contributed by atoms with van der Waals surface area (Å²) in [6.45, 7) is 5.98. The van der Waals surface area contributed by atoms with Crippen molar-refractivity contribution in [1.82, 2.24) is 0 Å². The molecule has 60 heavy (non-hydrogen) atoms. The van der Waals surface area contributed by atoms with Gasteiger partial charge >= 0.3 is 6.09 Å². The maximum absolute atomic E-state index is 13.3. The number of halogens is 4. The summed E-state index contributed by atoms with van der Waals surface area (Å²) in [6, 6.07) is 23.1. The Morgan fingerprint density at radius 3 is 1.60 bits per heavy atom. The van der Waals surface area contributed by atoms with Gasteiger partial charge in [0.15, 0.2) is 10.2 Å². The van der Waals surface area contributed by atoms with E-state index in [4.69, 9.17) is 96.9 Å². The first kappa shape index (κ1) is 45.8. The minimum Gasteiger partial charge on any atom is -0.446 e. The summed E-state index contributed by atoms with van der Waals surface area (Å²) in [5.41, 5.74) is 7.10. The molecule has 20 heteroatoms. The van der Waals surface area contributed by atoms with Crippen LogP contribution in [0, 0.1) is 22.7 Å². The summed E-state index contributed by atoms with van der Waals surface area (Å²) in [5, 5.41) is 40.3. The lowest BCUT2D eigenvalue weighted by atomic mass is 10.0. The Morgan fingerprint density at radius 2 is 1.18 bits per heavy atom. The number of carbonyl (C=O) groups excluding carboxylic acids is 3. The molecular weight excluding hydrogens is 894 g/mol. The normalized spacial score (nSPS) is 15.9. The van der Waals surface area contributed by atoms with Crippen LogP contribution in [0.3, 0.4) is 0 Å². The first-order chi connectivity index (χ1) is 28.2. The molecule has 2 aliphatic rings. The number of carbonyl (C=O) groups is 3. The Hall–Kier alpha value is -5.27. The van der Waals surface area contributed by atoms with Crippen molar-refractivity contribution in [2.75, 3.05) is 43.9 Å². The van der Waals surface area contributed by atoms with Crippen LogP contribution < -0.4 is 30.7 Å². The fourth-order valence-electron chi connectivity index (χ4n) is 6.17. The molecule has 2 heterocycles. The van der Waals surface area contributed by atoms with E-state index in [1.165, 1.54) is 34.1 Å². The van der Waals surface area contributed by atoms with Gasteiger partial charge in [0.2, 0.25) is 0 Å². The average molecular weight is 929 g/mol. The van der Waals surface area contributed by atoms with Crippen molar-refractivity contribution in [1.29, 1.82) is 10.5 Å².